The van der Waals surface area contributed by atoms with Gasteiger partial charge in [-0.1, -0.05) is 0 Å². The maximum atomic E-state index is 10.5. The lowest BCUT2D eigenvalue weighted by atomic mass is 10.3. The quantitative estimate of drug-likeness (QED) is 0.607. The van der Waals surface area contributed by atoms with Crippen LogP contribution in [0, 0.1) is 0 Å². The van der Waals surface area contributed by atoms with Crippen molar-refractivity contribution in [2.24, 2.45) is 0 Å². The molecule has 1 N–H and O–H groups in total. The number of ether oxygens (including phenoxy) is 2. The highest BCUT2D eigenvalue weighted by atomic mass is 16.7. The van der Waals surface area contributed by atoms with E-state index in [4.69, 9.17) is 14.6 Å². The normalized spacial score (nSPS) is 36.3. The average molecular weight is 187 g/mol. The molecule has 0 saturated carbocycles. The van der Waals surface area contributed by atoms with E-state index in [0.717, 1.165) is 0 Å². The van der Waals surface area contributed by atoms with Crippen LogP contribution in [0.1, 0.15) is 13.8 Å². The molecule has 0 aromatic rings. The molecular formula is C8H13NO4. The van der Waals surface area contributed by atoms with E-state index in [0.29, 0.717) is 13.2 Å². The Hall–Kier alpha value is -0.810. The summed E-state index contributed by atoms with van der Waals surface area (Å²) < 4.78 is 10.9. The lowest BCUT2D eigenvalue weighted by molar-refractivity contribution is -0.139. The van der Waals surface area contributed by atoms with Crippen LogP contribution in [0.4, 0.5) is 4.79 Å². The average Bonchev–Trinajstić information content (AvgIpc) is 2.71. The van der Waals surface area contributed by atoms with Crippen molar-refractivity contribution in [2.45, 2.75) is 31.8 Å². The first-order valence-electron chi connectivity index (χ1n) is 4.31. The third-order valence-corrected chi connectivity index (χ3v) is 2.36. The molecule has 0 aliphatic carbocycles. The number of amides is 1. The summed E-state index contributed by atoms with van der Waals surface area (Å²) in [4.78, 5) is 11.9. The third-order valence-electron chi connectivity index (χ3n) is 2.36. The molecule has 2 saturated heterocycles. The van der Waals surface area contributed by atoms with Crippen LogP contribution < -0.4 is 0 Å². The maximum absolute atomic E-state index is 10.5. The molecule has 2 aliphatic heterocycles. The van der Waals surface area contributed by atoms with Crippen molar-refractivity contribution >= 4 is 6.09 Å². The third kappa shape index (κ3) is 1.62. The Balaban J connectivity index is 1.89. The monoisotopic (exact) mass is 187 g/mol. The van der Waals surface area contributed by atoms with Gasteiger partial charge in [0, 0.05) is 6.54 Å². The Labute approximate surface area is 76.2 Å². The predicted octanol–water partition coefficient (Wildman–Crippen LogP) is 0.500. The van der Waals surface area contributed by atoms with Crippen molar-refractivity contribution in [3.05, 3.63) is 0 Å². The molecule has 5 nitrogen and oxygen atoms in total. The molecule has 2 aliphatic rings. The Bertz CT molecular complexity index is 240. The fraction of sp³-hybridized carbons (Fsp3) is 0.875. The summed E-state index contributed by atoms with van der Waals surface area (Å²) in [6.07, 6.45) is -0.968. The second kappa shape index (κ2) is 2.59. The fourth-order valence-corrected chi connectivity index (χ4v) is 1.60. The van der Waals surface area contributed by atoms with E-state index in [1.54, 1.807) is 0 Å². The van der Waals surface area contributed by atoms with Crippen LogP contribution in [0.3, 0.4) is 0 Å². The number of nitrogens with zero attached hydrogens (tertiary/aromatic N) is 1. The lowest BCUT2D eigenvalue weighted by Gasteiger charge is -2.16. The van der Waals surface area contributed by atoms with Crippen LogP contribution in [-0.4, -0.2) is 47.2 Å². The zero-order valence-electron chi connectivity index (χ0n) is 7.69. The Morgan fingerprint density at radius 2 is 2.31 bits per heavy atom. The van der Waals surface area contributed by atoms with Crippen LogP contribution in [-0.2, 0) is 9.47 Å². The lowest BCUT2D eigenvalue weighted by Crippen LogP contribution is -2.27. The molecular weight excluding hydrogens is 174 g/mol. The molecule has 2 fully saturated rings. The van der Waals surface area contributed by atoms with Crippen LogP contribution in [0.2, 0.25) is 0 Å². The van der Waals surface area contributed by atoms with Crippen molar-refractivity contribution in [1.29, 1.82) is 0 Å². The molecule has 74 valence electrons. The van der Waals surface area contributed by atoms with Gasteiger partial charge in [-0.15, -0.1) is 0 Å². The Morgan fingerprint density at radius 3 is 2.69 bits per heavy atom. The largest absolute Gasteiger partial charge is 0.465 e. The first-order valence-corrected chi connectivity index (χ1v) is 4.31. The Morgan fingerprint density at radius 1 is 1.62 bits per heavy atom. The summed E-state index contributed by atoms with van der Waals surface area (Å²) in [5.74, 6) is -0.558. The predicted molar refractivity (Wildman–Crippen MR) is 43.4 cm³/mol. The second-order valence-corrected chi connectivity index (χ2v) is 3.87. The van der Waals surface area contributed by atoms with E-state index in [2.05, 4.69) is 0 Å². The molecule has 2 rings (SSSR count). The summed E-state index contributed by atoms with van der Waals surface area (Å²) in [7, 11) is 0. The van der Waals surface area contributed by atoms with Crippen molar-refractivity contribution in [3.63, 3.8) is 0 Å². The summed E-state index contributed by atoms with van der Waals surface area (Å²) in [6.45, 7) is 4.72. The highest BCUT2D eigenvalue weighted by Crippen LogP contribution is 2.32. The smallest absolute Gasteiger partial charge is 0.407 e. The van der Waals surface area contributed by atoms with Gasteiger partial charge >= 0.3 is 6.09 Å². The van der Waals surface area contributed by atoms with Crippen LogP contribution in [0.15, 0.2) is 0 Å². The number of rotatable bonds is 1. The van der Waals surface area contributed by atoms with Gasteiger partial charge < -0.3 is 14.6 Å². The zero-order chi connectivity index (χ0) is 9.64. The first-order chi connectivity index (χ1) is 5.99. The van der Waals surface area contributed by atoms with Gasteiger partial charge in [-0.3, -0.25) is 4.90 Å². The number of hydrogen-bond acceptors (Lipinski definition) is 3. The molecule has 0 aromatic heterocycles. The van der Waals surface area contributed by atoms with Gasteiger partial charge in [0.1, 0.15) is 6.10 Å². The van der Waals surface area contributed by atoms with Crippen molar-refractivity contribution in [3.8, 4) is 0 Å². The molecule has 2 heterocycles. The van der Waals surface area contributed by atoms with Gasteiger partial charge in [-0.2, -0.15) is 0 Å². The molecule has 0 spiro atoms. The number of carbonyl (C=O) groups is 1. The van der Waals surface area contributed by atoms with Gasteiger partial charge in [0.2, 0.25) is 0 Å². The molecule has 0 radical (unpaired) electrons. The highest BCUT2D eigenvalue weighted by Gasteiger charge is 2.49. The minimum Gasteiger partial charge on any atom is -0.465 e. The minimum atomic E-state index is -0.877. The van der Waals surface area contributed by atoms with E-state index < -0.39 is 11.9 Å². The molecule has 0 bridgehead atoms. The minimum absolute atomic E-state index is 0.000671. The maximum Gasteiger partial charge on any atom is 0.407 e. The molecule has 13 heavy (non-hydrogen) atoms. The van der Waals surface area contributed by atoms with E-state index in [1.807, 2.05) is 13.8 Å². The summed E-state index contributed by atoms with van der Waals surface area (Å²) in [5.41, 5.74) is 0. The van der Waals surface area contributed by atoms with Gasteiger partial charge in [0.25, 0.3) is 0 Å². The number of hydrogen-bond donors (Lipinski definition) is 1. The first kappa shape index (κ1) is 8.77. The molecule has 2 atom stereocenters. The summed E-state index contributed by atoms with van der Waals surface area (Å²) in [6, 6.07) is -0.000671. The zero-order valence-corrected chi connectivity index (χ0v) is 7.69. The van der Waals surface area contributed by atoms with Gasteiger partial charge in [0.15, 0.2) is 5.79 Å². The molecule has 1 amide bonds. The second-order valence-electron chi connectivity index (χ2n) is 3.87. The van der Waals surface area contributed by atoms with E-state index >= 15 is 0 Å². The van der Waals surface area contributed by atoms with Crippen molar-refractivity contribution in [2.75, 3.05) is 13.2 Å². The Kier molecular flexibility index (Phi) is 1.75. The van der Waals surface area contributed by atoms with Gasteiger partial charge in [0.05, 0.1) is 12.6 Å². The van der Waals surface area contributed by atoms with E-state index in [9.17, 15) is 4.79 Å². The molecule has 0 aromatic carbocycles. The van der Waals surface area contributed by atoms with Gasteiger partial charge in [-0.25, -0.2) is 4.79 Å². The summed E-state index contributed by atoms with van der Waals surface area (Å²) in [5, 5.41) is 8.64. The summed E-state index contributed by atoms with van der Waals surface area (Å²) >= 11 is 0. The molecule has 2 unspecified atom stereocenters. The topological polar surface area (TPSA) is 58.8 Å². The van der Waals surface area contributed by atoms with E-state index in [-0.39, 0.29) is 12.1 Å². The SMILES string of the molecule is CC1(C)OCC(C2CN2C(=O)O)O1. The fourth-order valence-electron chi connectivity index (χ4n) is 1.60. The van der Waals surface area contributed by atoms with Gasteiger partial charge in [-0.05, 0) is 13.8 Å². The van der Waals surface area contributed by atoms with Crippen LogP contribution in [0.5, 0.6) is 0 Å². The molecule has 5 heteroatoms. The number of carboxylic acid groups (broad SMARTS) is 1. The van der Waals surface area contributed by atoms with E-state index in [1.165, 1.54) is 4.90 Å². The standard InChI is InChI=1S/C8H13NO4/c1-8(2)12-4-6(13-8)5-3-9(5)7(10)11/h5-6H,3-4H2,1-2H3,(H,10,11). The van der Waals surface area contributed by atoms with Crippen LogP contribution in [0.25, 0.3) is 0 Å². The highest BCUT2D eigenvalue weighted by molar-refractivity contribution is 5.68. The van der Waals surface area contributed by atoms with Crippen molar-refractivity contribution < 1.29 is 19.4 Å². The van der Waals surface area contributed by atoms with Crippen molar-refractivity contribution in [1.82, 2.24) is 4.90 Å². The van der Waals surface area contributed by atoms with Crippen LogP contribution >= 0.6 is 0 Å².